The van der Waals surface area contributed by atoms with E-state index in [1.165, 1.54) is 23.3 Å². The van der Waals surface area contributed by atoms with E-state index in [1.807, 2.05) is 0 Å². The molecule has 0 aliphatic carbocycles. The van der Waals surface area contributed by atoms with Gasteiger partial charge in [-0.25, -0.2) is 0 Å². The Bertz CT molecular complexity index is 334. The molecule has 2 heterocycles. The number of β-amino-alcohol motifs (C(OH)–C–C–N with tert-alkyl or cyclic N) is 1. The maximum absolute atomic E-state index is 9.91. The van der Waals surface area contributed by atoms with Crippen LogP contribution in [0.4, 0.5) is 0 Å². The van der Waals surface area contributed by atoms with E-state index >= 15 is 0 Å². The normalized spacial score (nSPS) is 18.7. The Hall–Kier alpha value is -0.420. The molecule has 1 atom stereocenters. The number of nitrogens with one attached hydrogen (secondary N) is 1. The Labute approximate surface area is 107 Å². The van der Waals surface area contributed by atoms with Gasteiger partial charge in [-0.05, 0) is 49.9 Å². The van der Waals surface area contributed by atoms with Gasteiger partial charge in [0.1, 0.15) is 0 Å². The lowest BCUT2D eigenvalue weighted by molar-refractivity contribution is 0.123. The Kier molecular flexibility index (Phi) is 4.98. The highest BCUT2D eigenvalue weighted by Crippen LogP contribution is 2.14. The minimum atomic E-state index is -0.242. The second kappa shape index (κ2) is 6.50. The summed E-state index contributed by atoms with van der Waals surface area (Å²) in [6.07, 6.45) is 2.33. The van der Waals surface area contributed by atoms with Crippen LogP contribution in [0.15, 0.2) is 11.4 Å². The second-order valence-electron chi connectivity index (χ2n) is 4.82. The number of thiophene rings is 1. The molecule has 1 aliphatic heterocycles. The number of likely N-dealkylation sites (tertiary alicyclic amines) is 1. The number of aryl methyl sites for hydroxylation is 1. The molecule has 96 valence electrons. The van der Waals surface area contributed by atoms with Crippen molar-refractivity contribution in [1.82, 2.24) is 10.2 Å². The molecule has 0 aromatic carbocycles. The average Bonchev–Trinajstić information content (AvgIpc) is 2.91. The Morgan fingerprint density at radius 3 is 2.88 bits per heavy atom. The third-order valence-corrected chi connectivity index (χ3v) is 4.32. The van der Waals surface area contributed by atoms with Crippen molar-refractivity contribution in [2.45, 2.75) is 32.4 Å². The second-order valence-corrected chi connectivity index (χ2v) is 5.82. The molecule has 2 rings (SSSR count). The summed E-state index contributed by atoms with van der Waals surface area (Å²) in [6.45, 7) is 6.82. The van der Waals surface area contributed by atoms with Crippen molar-refractivity contribution in [3.05, 3.63) is 21.9 Å². The van der Waals surface area contributed by atoms with Gasteiger partial charge in [-0.15, -0.1) is 11.3 Å². The predicted molar refractivity (Wildman–Crippen MR) is 72.4 cm³/mol. The van der Waals surface area contributed by atoms with Crippen LogP contribution in [0.3, 0.4) is 0 Å². The number of hydrogen-bond donors (Lipinski definition) is 2. The fraction of sp³-hybridized carbons (Fsp3) is 0.692. The Morgan fingerprint density at radius 1 is 1.47 bits per heavy atom. The van der Waals surface area contributed by atoms with Crippen molar-refractivity contribution in [3.63, 3.8) is 0 Å². The van der Waals surface area contributed by atoms with Gasteiger partial charge < -0.3 is 15.3 Å². The number of aliphatic hydroxyl groups excluding tert-OH is 1. The Morgan fingerprint density at radius 2 is 2.24 bits per heavy atom. The van der Waals surface area contributed by atoms with E-state index in [4.69, 9.17) is 0 Å². The van der Waals surface area contributed by atoms with Crippen molar-refractivity contribution in [1.29, 1.82) is 0 Å². The van der Waals surface area contributed by atoms with Crippen LogP contribution < -0.4 is 5.32 Å². The first kappa shape index (κ1) is 13.0. The van der Waals surface area contributed by atoms with E-state index in [1.54, 1.807) is 11.3 Å². The van der Waals surface area contributed by atoms with Crippen molar-refractivity contribution in [3.8, 4) is 0 Å². The third kappa shape index (κ3) is 4.07. The van der Waals surface area contributed by atoms with E-state index in [0.29, 0.717) is 6.54 Å². The predicted octanol–water partition coefficient (Wildman–Crippen LogP) is 1.60. The molecule has 1 aromatic heterocycles. The topological polar surface area (TPSA) is 35.5 Å². The number of aliphatic hydroxyl groups is 1. The largest absolute Gasteiger partial charge is 0.390 e. The maximum Gasteiger partial charge on any atom is 0.0791 e. The lowest BCUT2D eigenvalue weighted by Crippen LogP contribution is -2.36. The molecule has 0 radical (unpaired) electrons. The van der Waals surface area contributed by atoms with E-state index in [2.05, 4.69) is 28.6 Å². The summed E-state index contributed by atoms with van der Waals surface area (Å²) in [4.78, 5) is 3.72. The highest BCUT2D eigenvalue weighted by atomic mass is 32.1. The van der Waals surface area contributed by atoms with E-state index in [0.717, 1.165) is 26.2 Å². The van der Waals surface area contributed by atoms with Gasteiger partial charge in [0.15, 0.2) is 0 Å². The van der Waals surface area contributed by atoms with E-state index in [-0.39, 0.29) is 6.10 Å². The zero-order valence-corrected chi connectivity index (χ0v) is 11.3. The van der Waals surface area contributed by atoms with Gasteiger partial charge in [0.05, 0.1) is 6.10 Å². The molecule has 0 amide bonds. The smallest absolute Gasteiger partial charge is 0.0791 e. The summed E-state index contributed by atoms with van der Waals surface area (Å²) in [5, 5.41) is 15.4. The van der Waals surface area contributed by atoms with Crippen LogP contribution in [0.25, 0.3) is 0 Å². The minimum absolute atomic E-state index is 0.242. The molecule has 0 spiro atoms. The van der Waals surface area contributed by atoms with Crippen LogP contribution in [0.1, 0.15) is 23.3 Å². The summed E-state index contributed by atoms with van der Waals surface area (Å²) in [6, 6.07) is 2.14. The molecular weight excluding hydrogens is 232 g/mol. The summed E-state index contributed by atoms with van der Waals surface area (Å²) in [5.74, 6) is 0. The van der Waals surface area contributed by atoms with Crippen molar-refractivity contribution in [2.24, 2.45) is 0 Å². The van der Waals surface area contributed by atoms with Gasteiger partial charge >= 0.3 is 0 Å². The zero-order valence-electron chi connectivity index (χ0n) is 10.5. The highest BCUT2D eigenvalue weighted by Gasteiger charge is 2.15. The average molecular weight is 254 g/mol. The molecule has 1 fully saturated rings. The van der Waals surface area contributed by atoms with Crippen LogP contribution >= 0.6 is 11.3 Å². The summed E-state index contributed by atoms with van der Waals surface area (Å²) in [5.41, 5.74) is 1.34. The van der Waals surface area contributed by atoms with Crippen LogP contribution in [0.2, 0.25) is 0 Å². The SMILES string of the molecule is Cc1ccsc1CNCC(O)CN1CCCC1. The van der Waals surface area contributed by atoms with Gasteiger partial charge in [-0.1, -0.05) is 0 Å². The van der Waals surface area contributed by atoms with Crippen molar-refractivity contribution < 1.29 is 5.11 Å². The fourth-order valence-electron chi connectivity index (χ4n) is 2.27. The summed E-state index contributed by atoms with van der Waals surface area (Å²) < 4.78 is 0. The summed E-state index contributed by atoms with van der Waals surface area (Å²) in [7, 11) is 0. The number of rotatable bonds is 6. The quantitative estimate of drug-likeness (QED) is 0.809. The van der Waals surface area contributed by atoms with Crippen LogP contribution in [-0.2, 0) is 6.54 Å². The zero-order chi connectivity index (χ0) is 12.1. The van der Waals surface area contributed by atoms with Gasteiger partial charge in [0.25, 0.3) is 0 Å². The third-order valence-electron chi connectivity index (χ3n) is 3.30. The number of nitrogens with zero attached hydrogens (tertiary/aromatic N) is 1. The maximum atomic E-state index is 9.91. The molecule has 1 aromatic rings. The Balaban J connectivity index is 1.62. The van der Waals surface area contributed by atoms with Crippen LogP contribution in [0.5, 0.6) is 0 Å². The standard InChI is InChI=1S/C13H22N2OS/c1-11-4-7-17-13(11)9-14-8-12(16)10-15-5-2-3-6-15/h4,7,12,14,16H,2-3,5-6,8-10H2,1H3. The molecule has 1 unspecified atom stereocenters. The van der Waals surface area contributed by atoms with E-state index < -0.39 is 0 Å². The first-order valence-electron chi connectivity index (χ1n) is 6.40. The first-order valence-corrected chi connectivity index (χ1v) is 7.28. The molecular formula is C13H22N2OS. The fourth-order valence-corrected chi connectivity index (χ4v) is 3.14. The van der Waals surface area contributed by atoms with Crippen LogP contribution in [0, 0.1) is 6.92 Å². The van der Waals surface area contributed by atoms with E-state index in [9.17, 15) is 5.11 Å². The molecule has 3 nitrogen and oxygen atoms in total. The van der Waals surface area contributed by atoms with Crippen LogP contribution in [-0.4, -0.2) is 42.3 Å². The molecule has 17 heavy (non-hydrogen) atoms. The first-order chi connectivity index (χ1) is 8.25. The number of hydrogen-bond acceptors (Lipinski definition) is 4. The van der Waals surface area contributed by atoms with Crippen molar-refractivity contribution >= 4 is 11.3 Å². The molecule has 2 N–H and O–H groups in total. The van der Waals surface area contributed by atoms with Gasteiger partial charge in [-0.2, -0.15) is 0 Å². The highest BCUT2D eigenvalue weighted by molar-refractivity contribution is 7.10. The molecule has 1 saturated heterocycles. The molecule has 4 heteroatoms. The molecule has 0 saturated carbocycles. The molecule has 1 aliphatic rings. The monoisotopic (exact) mass is 254 g/mol. The van der Waals surface area contributed by atoms with Gasteiger partial charge in [-0.3, -0.25) is 0 Å². The van der Waals surface area contributed by atoms with Gasteiger partial charge in [0, 0.05) is 24.5 Å². The van der Waals surface area contributed by atoms with Crippen molar-refractivity contribution in [2.75, 3.05) is 26.2 Å². The summed E-state index contributed by atoms with van der Waals surface area (Å²) >= 11 is 1.78. The lowest BCUT2D eigenvalue weighted by Gasteiger charge is -2.19. The minimum Gasteiger partial charge on any atom is -0.390 e. The molecule has 0 bridgehead atoms. The van der Waals surface area contributed by atoms with Gasteiger partial charge in [0.2, 0.25) is 0 Å². The lowest BCUT2D eigenvalue weighted by atomic mass is 10.3.